The van der Waals surface area contributed by atoms with Gasteiger partial charge in [-0.3, -0.25) is 4.79 Å². The number of thiazole rings is 1. The van der Waals surface area contributed by atoms with E-state index in [9.17, 15) is 13.2 Å². The van der Waals surface area contributed by atoms with E-state index in [0.29, 0.717) is 17.0 Å². The Hall–Kier alpha value is -1.53. The van der Waals surface area contributed by atoms with Crippen LogP contribution >= 0.6 is 11.3 Å². The number of sulfone groups is 1. The Balaban J connectivity index is 1.83. The van der Waals surface area contributed by atoms with E-state index < -0.39 is 9.84 Å². The van der Waals surface area contributed by atoms with Crippen molar-refractivity contribution in [1.82, 2.24) is 4.98 Å². The number of aromatic nitrogens is 1. The SMILES string of the molecule is O=C(c1ccccc1)c1nc([C@H]2CCS(=O)(=O)C2)cs1. The highest BCUT2D eigenvalue weighted by Gasteiger charge is 2.31. The number of ketones is 1. The third-order valence-electron chi connectivity index (χ3n) is 3.40. The molecule has 0 unspecified atom stereocenters. The van der Waals surface area contributed by atoms with Crippen molar-refractivity contribution in [1.29, 1.82) is 0 Å². The van der Waals surface area contributed by atoms with Gasteiger partial charge in [-0.05, 0) is 6.42 Å². The van der Waals surface area contributed by atoms with Crippen LogP contribution in [0.2, 0.25) is 0 Å². The maximum absolute atomic E-state index is 12.2. The Morgan fingerprint density at radius 2 is 2.00 bits per heavy atom. The van der Waals surface area contributed by atoms with E-state index in [1.54, 1.807) is 12.1 Å². The summed E-state index contributed by atoms with van der Waals surface area (Å²) >= 11 is 1.28. The zero-order valence-corrected chi connectivity index (χ0v) is 12.3. The Labute approximate surface area is 121 Å². The Bertz CT molecular complexity index is 735. The minimum atomic E-state index is -2.93. The van der Waals surface area contributed by atoms with E-state index >= 15 is 0 Å². The van der Waals surface area contributed by atoms with E-state index in [4.69, 9.17) is 0 Å². The molecule has 3 rings (SSSR count). The number of carbonyl (C=O) groups excluding carboxylic acids is 1. The summed E-state index contributed by atoms with van der Waals surface area (Å²) in [5.41, 5.74) is 1.34. The van der Waals surface area contributed by atoms with Gasteiger partial charge in [-0.2, -0.15) is 0 Å². The van der Waals surface area contributed by atoms with Gasteiger partial charge in [-0.25, -0.2) is 13.4 Å². The number of hydrogen-bond donors (Lipinski definition) is 0. The maximum atomic E-state index is 12.2. The van der Waals surface area contributed by atoms with Crippen LogP contribution in [0.25, 0.3) is 0 Å². The van der Waals surface area contributed by atoms with Crippen LogP contribution in [0, 0.1) is 0 Å². The lowest BCUT2D eigenvalue weighted by Crippen LogP contribution is -2.05. The monoisotopic (exact) mass is 307 g/mol. The molecule has 20 heavy (non-hydrogen) atoms. The molecule has 0 spiro atoms. The van der Waals surface area contributed by atoms with Gasteiger partial charge in [0.05, 0.1) is 17.2 Å². The largest absolute Gasteiger partial charge is 0.286 e. The topological polar surface area (TPSA) is 64.1 Å². The van der Waals surface area contributed by atoms with E-state index in [0.717, 1.165) is 5.69 Å². The predicted molar refractivity (Wildman–Crippen MR) is 78.0 cm³/mol. The van der Waals surface area contributed by atoms with Gasteiger partial charge >= 0.3 is 0 Å². The first-order chi connectivity index (χ1) is 9.55. The molecule has 1 aliphatic rings. The molecule has 2 aromatic rings. The third kappa shape index (κ3) is 2.66. The second kappa shape index (κ2) is 5.10. The van der Waals surface area contributed by atoms with Crippen LogP contribution in [0.4, 0.5) is 0 Å². The number of carbonyl (C=O) groups is 1. The molecule has 0 aliphatic carbocycles. The van der Waals surface area contributed by atoms with Gasteiger partial charge in [-0.15, -0.1) is 11.3 Å². The quantitative estimate of drug-likeness (QED) is 0.816. The van der Waals surface area contributed by atoms with Crippen LogP contribution in [-0.4, -0.2) is 30.7 Å². The zero-order chi connectivity index (χ0) is 14.2. The van der Waals surface area contributed by atoms with Gasteiger partial charge < -0.3 is 0 Å². The summed E-state index contributed by atoms with van der Waals surface area (Å²) in [5, 5.41) is 2.23. The fourth-order valence-electron chi connectivity index (χ4n) is 2.32. The van der Waals surface area contributed by atoms with Crippen molar-refractivity contribution in [3.63, 3.8) is 0 Å². The van der Waals surface area contributed by atoms with Gasteiger partial charge in [0.15, 0.2) is 14.8 Å². The summed E-state index contributed by atoms with van der Waals surface area (Å²) < 4.78 is 23.0. The molecular formula is C14H13NO3S2. The van der Waals surface area contributed by atoms with Gasteiger partial charge in [0.1, 0.15) is 0 Å². The van der Waals surface area contributed by atoms with Crippen LogP contribution in [0.5, 0.6) is 0 Å². The summed E-state index contributed by atoms with van der Waals surface area (Å²) in [6.45, 7) is 0. The summed E-state index contributed by atoms with van der Waals surface area (Å²) in [6, 6.07) is 8.98. The van der Waals surface area contributed by atoms with Crippen LogP contribution in [-0.2, 0) is 9.84 Å². The minimum absolute atomic E-state index is 0.0615. The van der Waals surface area contributed by atoms with Crippen molar-refractivity contribution in [3.05, 3.63) is 52.0 Å². The number of rotatable bonds is 3. The lowest BCUT2D eigenvalue weighted by atomic mass is 10.1. The first-order valence-electron chi connectivity index (χ1n) is 6.31. The lowest BCUT2D eigenvalue weighted by molar-refractivity contribution is 0.103. The second-order valence-corrected chi connectivity index (χ2v) is 7.96. The molecule has 1 aromatic heterocycles. The summed E-state index contributed by atoms with van der Waals surface area (Å²) in [6.07, 6.45) is 0.602. The Morgan fingerprint density at radius 1 is 1.25 bits per heavy atom. The van der Waals surface area contributed by atoms with Gasteiger partial charge in [-0.1, -0.05) is 30.3 Å². The van der Waals surface area contributed by atoms with Crippen molar-refractivity contribution < 1.29 is 13.2 Å². The fraction of sp³-hybridized carbons (Fsp3) is 0.286. The number of nitrogens with zero attached hydrogens (tertiary/aromatic N) is 1. The highest BCUT2D eigenvalue weighted by Crippen LogP contribution is 2.30. The molecule has 0 amide bonds. The van der Waals surface area contributed by atoms with Crippen molar-refractivity contribution >= 4 is 27.0 Å². The molecule has 6 heteroatoms. The van der Waals surface area contributed by atoms with Gasteiger partial charge in [0, 0.05) is 16.9 Å². The summed E-state index contributed by atoms with van der Waals surface area (Å²) in [5.74, 6) is 0.198. The first-order valence-corrected chi connectivity index (χ1v) is 9.01. The molecule has 0 radical (unpaired) electrons. The first kappa shape index (κ1) is 13.5. The molecule has 1 saturated heterocycles. The second-order valence-electron chi connectivity index (χ2n) is 4.87. The van der Waals surface area contributed by atoms with Gasteiger partial charge in [0.2, 0.25) is 5.78 Å². The van der Waals surface area contributed by atoms with E-state index in [1.165, 1.54) is 11.3 Å². The predicted octanol–water partition coefficient (Wildman–Crippen LogP) is 2.28. The molecule has 1 aromatic carbocycles. The molecule has 0 N–H and O–H groups in total. The highest BCUT2D eigenvalue weighted by atomic mass is 32.2. The number of benzene rings is 1. The summed E-state index contributed by atoms with van der Waals surface area (Å²) in [7, 11) is -2.93. The zero-order valence-electron chi connectivity index (χ0n) is 10.7. The molecule has 1 atom stereocenters. The molecule has 104 valence electrons. The van der Waals surface area contributed by atoms with Crippen molar-refractivity contribution in [3.8, 4) is 0 Å². The third-order valence-corrected chi connectivity index (χ3v) is 6.03. The van der Waals surface area contributed by atoms with Crippen LogP contribution in [0.15, 0.2) is 35.7 Å². The van der Waals surface area contributed by atoms with E-state index in [-0.39, 0.29) is 23.2 Å². The standard InChI is InChI=1S/C14H13NO3S2/c16-13(10-4-2-1-3-5-10)14-15-12(8-19-14)11-6-7-20(17,18)9-11/h1-5,8,11H,6-7,9H2/t11-/m0/s1. The van der Waals surface area contributed by atoms with Crippen molar-refractivity contribution in [2.75, 3.05) is 11.5 Å². The smallest absolute Gasteiger partial charge is 0.221 e. The van der Waals surface area contributed by atoms with Crippen LogP contribution < -0.4 is 0 Å². The Kier molecular flexibility index (Phi) is 3.43. The van der Waals surface area contributed by atoms with E-state index in [2.05, 4.69) is 4.98 Å². The molecule has 0 bridgehead atoms. The van der Waals surface area contributed by atoms with Crippen LogP contribution in [0.1, 0.15) is 33.4 Å². The fourth-order valence-corrected chi connectivity index (χ4v) is 4.94. The lowest BCUT2D eigenvalue weighted by Gasteiger charge is -2.01. The van der Waals surface area contributed by atoms with Gasteiger partial charge in [0.25, 0.3) is 0 Å². The maximum Gasteiger partial charge on any atom is 0.221 e. The number of hydrogen-bond acceptors (Lipinski definition) is 5. The average molecular weight is 307 g/mol. The van der Waals surface area contributed by atoms with Crippen molar-refractivity contribution in [2.45, 2.75) is 12.3 Å². The normalized spacial score (nSPS) is 20.9. The molecule has 2 heterocycles. The molecule has 1 aliphatic heterocycles. The van der Waals surface area contributed by atoms with Crippen molar-refractivity contribution in [2.24, 2.45) is 0 Å². The average Bonchev–Trinajstić information content (AvgIpc) is 3.05. The molecule has 4 nitrogen and oxygen atoms in total. The highest BCUT2D eigenvalue weighted by molar-refractivity contribution is 7.91. The summed E-state index contributed by atoms with van der Waals surface area (Å²) in [4.78, 5) is 16.6. The molecule has 1 fully saturated rings. The van der Waals surface area contributed by atoms with Crippen LogP contribution in [0.3, 0.4) is 0 Å². The van der Waals surface area contributed by atoms with E-state index in [1.807, 2.05) is 23.6 Å². The molecular weight excluding hydrogens is 294 g/mol. The Morgan fingerprint density at radius 3 is 2.65 bits per heavy atom. The molecule has 0 saturated carbocycles. The minimum Gasteiger partial charge on any atom is -0.286 e.